The predicted octanol–water partition coefficient (Wildman–Crippen LogP) is 4.07. The smallest absolute Gasteiger partial charge is 0.0230 e. The Hall–Kier alpha value is -0.860. The van der Waals surface area contributed by atoms with Gasteiger partial charge in [0.1, 0.15) is 0 Å². The summed E-state index contributed by atoms with van der Waals surface area (Å²) < 4.78 is 0. The van der Waals surface area contributed by atoms with Gasteiger partial charge in [0, 0.05) is 6.54 Å². The summed E-state index contributed by atoms with van der Waals surface area (Å²) in [4.78, 5) is 2.42. The Balaban J connectivity index is 1.51. The summed E-state index contributed by atoms with van der Waals surface area (Å²) in [6, 6.07) is 10.7. The van der Waals surface area contributed by atoms with Gasteiger partial charge in [0.2, 0.25) is 0 Å². The lowest BCUT2D eigenvalue weighted by atomic mass is 10.0. The molecule has 0 bridgehead atoms. The highest BCUT2D eigenvalue weighted by Gasteiger charge is 2.11. The molecular weight excluding hydrogens is 256 g/mol. The lowest BCUT2D eigenvalue weighted by molar-refractivity contribution is 0.316. The standard InChI is InChI=1S/C19H32N2/c1-21(17-19-12-7-4-8-13-19)15-9-14-20-16-18-10-5-2-3-6-11-18/h4,7-8,12-13,18,20H,2-3,5-6,9-11,14-17H2,1H3. The number of hydrogen-bond acceptors (Lipinski definition) is 2. The van der Waals surface area contributed by atoms with E-state index in [1.54, 1.807) is 0 Å². The minimum atomic E-state index is 0.939. The predicted molar refractivity (Wildman–Crippen MR) is 91.5 cm³/mol. The number of rotatable bonds is 8. The third-order valence-corrected chi connectivity index (χ3v) is 4.60. The fraction of sp³-hybridized carbons (Fsp3) is 0.684. The second kappa shape index (κ2) is 9.97. The van der Waals surface area contributed by atoms with Gasteiger partial charge in [0.25, 0.3) is 0 Å². The van der Waals surface area contributed by atoms with Gasteiger partial charge in [-0.15, -0.1) is 0 Å². The first-order chi connectivity index (χ1) is 10.3. The van der Waals surface area contributed by atoms with Crippen molar-refractivity contribution in [2.75, 3.05) is 26.7 Å². The largest absolute Gasteiger partial charge is 0.316 e. The Kier molecular flexibility index (Phi) is 7.83. The zero-order valence-electron chi connectivity index (χ0n) is 13.7. The van der Waals surface area contributed by atoms with E-state index in [0.717, 1.165) is 19.0 Å². The SMILES string of the molecule is CN(CCCNCC1CCCCCC1)Cc1ccccc1. The molecule has 0 spiro atoms. The van der Waals surface area contributed by atoms with Crippen molar-refractivity contribution in [2.45, 2.75) is 51.5 Å². The van der Waals surface area contributed by atoms with Crippen LogP contribution in [0.1, 0.15) is 50.5 Å². The van der Waals surface area contributed by atoms with Gasteiger partial charge in [0.15, 0.2) is 0 Å². The van der Waals surface area contributed by atoms with Crippen LogP contribution in [-0.2, 0) is 6.54 Å². The summed E-state index contributed by atoms with van der Waals surface area (Å²) in [5.74, 6) is 0.939. The maximum Gasteiger partial charge on any atom is 0.0230 e. The molecule has 1 saturated carbocycles. The van der Waals surface area contributed by atoms with Crippen LogP contribution in [0.4, 0.5) is 0 Å². The first kappa shape index (κ1) is 16.5. The summed E-state index contributed by atoms with van der Waals surface area (Å²) in [7, 11) is 2.22. The third-order valence-electron chi connectivity index (χ3n) is 4.60. The number of benzene rings is 1. The van der Waals surface area contributed by atoms with E-state index in [4.69, 9.17) is 0 Å². The average Bonchev–Trinajstić information content (AvgIpc) is 2.77. The van der Waals surface area contributed by atoms with Crippen molar-refractivity contribution < 1.29 is 0 Å². The van der Waals surface area contributed by atoms with E-state index in [1.807, 2.05) is 0 Å². The monoisotopic (exact) mass is 288 g/mol. The normalized spacial score (nSPS) is 17.0. The maximum absolute atomic E-state index is 3.68. The van der Waals surface area contributed by atoms with Crippen molar-refractivity contribution in [1.82, 2.24) is 10.2 Å². The molecular formula is C19H32N2. The summed E-state index contributed by atoms with van der Waals surface area (Å²) in [6.45, 7) is 4.63. The van der Waals surface area contributed by atoms with Crippen LogP contribution in [0.3, 0.4) is 0 Å². The molecule has 0 aromatic heterocycles. The van der Waals surface area contributed by atoms with E-state index >= 15 is 0 Å². The lowest BCUT2D eigenvalue weighted by Crippen LogP contribution is -2.27. The molecule has 0 saturated heterocycles. The molecule has 1 aliphatic carbocycles. The van der Waals surface area contributed by atoms with Gasteiger partial charge in [-0.1, -0.05) is 56.0 Å². The van der Waals surface area contributed by atoms with Crippen molar-refractivity contribution in [3.05, 3.63) is 35.9 Å². The second-order valence-electron chi connectivity index (χ2n) is 6.64. The highest BCUT2D eigenvalue weighted by Crippen LogP contribution is 2.21. The molecule has 1 aromatic carbocycles. The van der Waals surface area contributed by atoms with Gasteiger partial charge in [-0.2, -0.15) is 0 Å². The van der Waals surface area contributed by atoms with Crippen LogP contribution >= 0.6 is 0 Å². The summed E-state index contributed by atoms with van der Waals surface area (Å²) >= 11 is 0. The van der Waals surface area contributed by atoms with Crippen molar-refractivity contribution in [3.63, 3.8) is 0 Å². The van der Waals surface area contributed by atoms with E-state index in [0.29, 0.717) is 0 Å². The first-order valence-electron chi connectivity index (χ1n) is 8.78. The van der Waals surface area contributed by atoms with Gasteiger partial charge in [-0.25, -0.2) is 0 Å². The minimum absolute atomic E-state index is 0.939. The Labute approximate surface area is 130 Å². The molecule has 2 rings (SSSR count). The highest BCUT2D eigenvalue weighted by molar-refractivity contribution is 5.14. The fourth-order valence-corrected chi connectivity index (χ4v) is 3.32. The van der Waals surface area contributed by atoms with E-state index < -0.39 is 0 Å². The molecule has 118 valence electrons. The molecule has 1 aliphatic rings. The molecule has 0 radical (unpaired) electrons. The summed E-state index contributed by atoms with van der Waals surface area (Å²) in [5.41, 5.74) is 1.41. The van der Waals surface area contributed by atoms with Gasteiger partial charge < -0.3 is 10.2 Å². The van der Waals surface area contributed by atoms with E-state index in [1.165, 1.54) is 63.6 Å². The topological polar surface area (TPSA) is 15.3 Å². The van der Waals surface area contributed by atoms with Crippen molar-refractivity contribution in [3.8, 4) is 0 Å². The Morgan fingerprint density at radius 2 is 1.76 bits per heavy atom. The maximum atomic E-state index is 3.68. The van der Waals surface area contributed by atoms with Crippen LogP contribution in [0.15, 0.2) is 30.3 Å². The molecule has 1 fully saturated rings. The third kappa shape index (κ3) is 7.10. The van der Waals surface area contributed by atoms with Gasteiger partial charge in [-0.05, 0) is 57.4 Å². The number of hydrogen-bond donors (Lipinski definition) is 1. The summed E-state index contributed by atoms with van der Waals surface area (Å²) in [6.07, 6.45) is 9.96. The molecule has 1 aromatic rings. The van der Waals surface area contributed by atoms with E-state index in [9.17, 15) is 0 Å². The van der Waals surface area contributed by atoms with Crippen LogP contribution in [-0.4, -0.2) is 31.6 Å². The van der Waals surface area contributed by atoms with E-state index in [2.05, 4.69) is 47.6 Å². The first-order valence-corrected chi connectivity index (χ1v) is 8.78. The number of nitrogens with one attached hydrogen (secondary N) is 1. The number of nitrogens with zero attached hydrogens (tertiary/aromatic N) is 1. The molecule has 1 N–H and O–H groups in total. The molecule has 0 amide bonds. The quantitative estimate of drug-likeness (QED) is 0.573. The molecule has 0 heterocycles. The molecule has 21 heavy (non-hydrogen) atoms. The molecule has 2 nitrogen and oxygen atoms in total. The Bertz CT molecular complexity index is 355. The van der Waals surface area contributed by atoms with Crippen LogP contribution in [0, 0.1) is 5.92 Å². The Morgan fingerprint density at radius 3 is 2.48 bits per heavy atom. The lowest BCUT2D eigenvalue weighted by Gasteiger charge is -2.18. The molecule has 0 atom stereocenters. The van der Waals surface area contributed by atoms with Crippen molar-refractivity contribution >= 4 is 0 Å². The average molecular weight is 288 g/mol. The fourth-order valence-electron chi connectivity index (χ4n) is 3.32. The van der Waals surface area contributed by atoms with Crippen LogP contribution in [0.5, 0.6) is 0 Å². The molecule has 0 unspecified atom stereocenters. The zero-order valence-corrected chi connectivity index (χ0v) is 13.7. The minimum Gasteiger partial charge on any atom is -0.316 e. The van der Waals surface area contributed by atoms with Crippen LogP contribution in [0.2, 0.25) is 0 Å². The zero-order chi connectivity index (χ0) is 14.8. The van der Waals surface area contributed by atoms with Crippen LogP contribution < -0.4 is 5.32 Å². The van der Waals surface area contributed by atoms with Crippen molar-refractivity contribution in [1.29, 1.82) is 0 Å². The second-order valence-corrected chi connectivity index (χ2v) is 6.64. The van der Waals surface area contributed by atoms with Gasteiger partial charge in [-0.3, -0.25) is 0 Å². The van der Waals surface area contributed by atoms with Crippen LogP contribution in [0.25, 0.3) is 0 Å². The molecule has 0 aliphatic heterocycles. The van der Waals surface area contributed by atoms with Gasteiger partial charge in [0.05, 0.1) is 0 Å². The molecule has 2 heteroatoms. The highest BCUT2D eigenvalue weighted by atomic mass is 15.1. The van der Waals surface area contributed by atoms with Gasteiger partial charge >= 0.3 is 0 Å². The van der Waals surface area contributed by atoms with Crippen molar-refractivity contribution in [2.24, 2.45) is 5.92 Å². The van der Waals surface area contributed by atoms with E-state index in [-0.39, 0.29) is 0 Å². The Morgan fingerprint density at radius 1 is 1.05 bits per heavy atom. The summed E-state index contributed by atoms with van der Waals surface area (Å²) in [5, 5.41) is 3.68.